The molecule has 0 radical (unpaired) electrons. The molecule has 0 aliphatic rings. The maximum atomic E-state index is 14.3. The third-order valence-electron chi connectivity index (χ3n) is 7.17. The van der Waals surface area contributed by atoms with Crippen LogP contribution in [0.4, 0.5) is 8.78 Å². The van der Waals surface area contributed by atoms with Gasteiger partial charge >= 0.3 is 5.97 Å². The van der Waals surface area contributed by atoms with Crippen LogP contribution in [0.25, 0.3) is 27.5 Å². The Labute approximate surface area is 214 Å². The van der Waals surface area contributed by atoms with Crippen LogP contribution in [0.3, 0.4) is 0 Å². The van der Waals surface area contributed by atoms with Gasteiger partial charge in [-0.25, -0.2) is 4.39 Å². The summed E-state index contributed by atoms with van der Waals surface area (Å²) in [6.07, 6.45) is 3.95. The van der Waals surface area contributed by atoms with Gasteiger partial charge in [-0.3, -0.25) is 14.3 Å². The summed E-state index contributed by atoms with van der Waals surface area (Å²) in [6.45, 7) is 5.28. The second kappa shape index (κ2) is 10.7. The summed E-state index contributed by atoms with van der Waals surface area (Å²) in [4.78, 5) is 11.3. The third kappa shape index (κ3) is 5.22. The molecule has 0 amide bonds. The maximum Gasteiger partial charge on any atom is 0.303 e. The molecule has 194 valence electrons. The zero-order valence-electron chi connectivity index (χ0n) is 21.4. The number of carboxylic acids is 1. The van der Waals surface area contributed by atoms with Crippen molar-refractivity contribution in [3.05, 3.63) is 59.2 Å². The molecule has 2 aromatic carbocycles. The van der Waals surface area contributed by atoms with E-state index >= 15 is 0 Å². The van der Waals surface area contributed by atoms with Gasteiger partial charge < -0.3 is 9.67 Å². The van der Waals surface area contributed by atoms with Gasteiger partial charge in [-0.15, -0.1) is 0 Å². The van der Waals surface area contributed by atoms with Crippen molar-refractivity contribution in [1.29, 1.82) is 5.26 Å². The molecule has 1 atom stereocenters. The van der Waals surface area contributed by atoms with Crippen molar-refractivity contribution in [3.8, 4) is 11.8 Å². The van der Waals surface area contributed by atoms with Crippen molar-refractivity contribution in [3.63, 3.8) is 0 Å². The molecule has 2 N–H and O–H groups in total. The number of fused-ring (bicyclic) bond motifs is 2. The molecular weight excluding hydrogens is 474 g/mol. The average molecular weight is 507 g/mol. The predicted octanol–water partition coefficient (Wildman–Crippen LogP) is 7.23. The van der Waals surface area contributed by atoms with E-state index in [1.54, 1.807) is 25.3 Å². The Morgan fingerprint density at radius 3 is 2.68 bits per heavy atom. The fourth-order valence-corrected chi connectivity index (χ4v) is 5.40. The topological polar surface area (TPSA) is 94.7 Å². The van der Waals surface area contributed by atoms with E-state index in [2.05, 4.69) is 20.8 Å². The van der Waals surface area contributed by atoms with E-state index in [9.17, 15) is 23.9 Å². The number of nitrogens with zero attached hydrogens (tertiary/aromatic N) is 3. The van der Waals surface area contributed by atoms with Gasteiger partial charge in [0.05, 0.1) is 30.0 Å². The van der Waals surface area contributed by atoms with Crippen molar-refractivity contribution in [2.75, 3.05) is 6.67 Å². The number of hydrogen-bond donors (Lipinski definition) is 2. The van der Waals surface area contributed by atoms with E-state index in [-0.39, 0.29) is 24.6 Å². The van der Waals surface area contributed by atoms with Crippen LogP contribution in [-0.2, 0) is 10.2 Å². The van der Waals surface area contributed by atoms with Gasteiger partial charge in [0.15, 0.2) is 0 Å². The monoisotopic (exact) mass is 506 g/mol. The molecule has 0 aliphatic heterocycles. The van der Waals surface area contributed by atoms with E-state index in [0.717, 1.165) is 38.8 Å². The standard InChI is InChI=1S/C29H32F2N4O2/c1-18-14-21(9-10-23(18)31)35-25-15-20-17-33-34-24(20)16-22(25)27(28(35)29(2,3)11-13-32)19(7-5-12-30)6-4-8-26(36)37/h9-10,14-17,19H,4-8,11-12H2,1-3H3,(H,33,34)(H,36,37). The van der Waals surface area contributed by atoms with Gasteiger partial charge in [0, 0.05) is 40.4 Å². The Balaban J connectivity index is 2.09. The number of hydrogen-bond acceptors (Lipinski definition) is 3. The highest BCUT2D eigenvalue weighted by Crippen LogP contribution is 2.45. The second-order valence-electron chi connectivity index (χ2n) is 10.4. The summed E-state index contributed by atoms with van der Waals surface area (Å²) in [5.74, 6) is -1.28. The van der Waals surface area contributed by atoms with Gasteiger partial charge in [0.1, 0.15) is 5.82 Å². The first-order valence-corrected chi connectivity index (χ1v) is 12.6. The molecule has 2 aromatic heterocycles. The number of nitriles is 1. The number of aromatic nitrogens is 3. The van der Waals surface area contributed by atoms with Gasteiger partial charge in [0.2, 0.25) is 0 Å². The smallest absolute Gasteiger partial charge is 0.303 e. The summed E-state index contributed by atoms with van der Waals surface area (Å²) < 4.78 is 29.8. The van der Waals surface area contributed by atoms with Crippen LogP contribution in [-0.4, -0.2) is 32.5 Å². The zero-order chi connectivity index (χ0) is 26.7. The van der Waals surface area contributed by atoms with Gasteiger partial charge in [-0.1, -0.05) is 13.8 Å². The number of aryl methyl sites for hydroxylation is 1. The van der Waals surface area contributed by atoms with E-state index in [1.807, 2.05) is 26.0 Å². The van der Waals surface area contributed by atoms with E-state index in [1.165, 1.54) is 6.07 Å². The summed E-state index contributed by atoms with van der Waals surface area (Å²) in [5.41, 5.74) is 4.32. The number of aromatic amines is 1. The lowest BCUT2D eigenvalue weighted by molar-refractivity contribution is -0.137. The van der Waals surface area contributed by atoms with Crippen molar-refractivity contribution in [2.45, 2.75) is 70.6 Å². The Bertz CT molecular complexity index is 1480. The number of carboxylic acid groups (broad SMARTS) is 1. The van der Waals surface area contributed by atoms with Crippen molar-refractivity contribution in [1.82, 2.24) is 14.8 Å². The number of H-pyrrole nitrogens is 1. The molecule has 0 aliphatic carbocycles. The third-order valence-corrected chi connectivity index (χ3v) is 7.17. The van der Waals surface area contributed by atoms with Crippen molar-refractivity contribution >= 4 is 27.8 Å². The van der Waals surface area contributed by atoms with Crippen molar-refractivity contribution < 1.29 is 18.7 Å². The molecule has 4 rings (SSSR count). The number of halogens is 2. The predicted molar refractivity (Wildman–Crippen MR) is 140 cm³/mol. The number of benzene rings is 2. The number of rotatable bonds is 11. The van der Waals surface area contributed by atoms with Crippen LogP contribution < -0.4 is 0 Å². The number of nitrogens with one attached hydrogen (secondary N) is 1. The second-order valence-corrected chi connectivity index (χ2v) is 10.4. The number of alkyl halides is 1. The normalized spacial score (nSPS) is 12.8. The number of aliphatic carboxylic acids is 1. The molecule has 37 heavy (non-hydrogen) atoms. The van der Waals surface area contributed by atoms with Gasteiger partial charge in [0.25, 0.3) is 0 Å². The largest absolute Gasteiger partial charge is 0.481 e. The average Bonchev–Trinajstić information content (AvgIpc) is 3.43. The molecule has 0 spiro atoms. The first-order chi connectivity index (χ1) is 17.7. The summed E-state index contributed by atoms with van der Waals surface area (Å²) >= 11 is 0. The Hall–Kier alpha value is -3.73. The van der Waals surface area contributed by atoms with Crippen LogP contribution in [0.1, 0.15) is 75.1 Å². The lowest BCUT2D eigenvalue weighted by Crippen LogP contribution is -2.23. The SMILES string of the molecule is Cc1cc(-n2c(C(C)(C)CC#N)c(C(CCCF)CCCC(=O)O)c3cc4[nH]ncc4cc32)ccc1F. The zero-order valence-corrected chi connectivity index (χ0v) is 21.4. The molecule has 0 fully saturated rings. The molecule has 0 saturated heterocycles. The van der Waals surface area contributed by atoms with Gasteiger partial charge in [-0.05, 0) is 80.0 Å². The molecule has 0 bridgehead atoms. The quantitative estimate of drug-likeness (QED) is 0.224. The van der Waals surface area contributed by atoms with Crippen LogP contribution in [0.5, 0.6) is 0 Å². The minimum absolute atomic E-state index is 0.0314. The van der Waals surface area contributed by atoms with Crippen LogP contribution in [0, 0.1) is 24.1 Å². The molecule has 4 aromatic rings. The lowest BCUT2D eigenvalue weighted by Gasteiger charge is -2.29. The molecule has 8 heteroatoms. The summed E-state index contributed by atoms with van der Waals surface area (Å²) in [6, 6.07) is 11.4. The molecular formula is C29H32F2N4O2. The first kappa shape index (κ1) is 26.3. The van der Waals surface area contributed by atoms with E-state index < -0.39 is 18.1 Å². The maximum absolute atomic E-state index is 14.3. The summed E-state index contributed by atoms with van der Waals surface area (Å²) in [7, 11) is 0. The highest BCUT2D eigenvalue weighted by atomic mass is 19.1. The van der Waals surface area contributed by atoms with Crippen molar-refractivity contribution in [2.24, 2.45) is 0 Å². The fraction of sp³-hybridized carbons (Fsp3) is 0.414. The van der Waals surface area contributed by atoms with Gasteiger partial charge in [-0.2, -0.15) is 10.4 Å². The minimum atomic E-state index is -0.863. The Morgan fingerprint density at radius 2 is 2.00 bits per heavy atom. The highest BCUT2D eigenvalue weighted by Gasteiger charge is 2.34. The highest BCUT2D eigenvalue weighted by molar-refractivity contribution is 5.99. The number of carbonyl (C=O) groups is 1. The Kier molecular flexibility index (Phi) is 7.63. The molecule has 0 saturated carbocycles. The summed E-state index contributed by atoms with van der Waals surface area (Å²) in [5, 5.41) is 28.1. The van der Waals surface area contributed by atoms with E-state index in [0.29, 0.717) is 31.2 Å². The molecule has 6 nitrogen and oxygen atoms in total. The molecule has 1 unspecified atom stereocenters. The lowest BCUT2D eigenvalue weighted by atomic mass is 9.78. The van der Waals surface area contributed by atoms with Crippen LogP contribution >= 0.6 is 0 Å². The fourth-order valence-electron chi connectivity index (χ4n) is 5.40. The van der Waals surface area contributed by atoms with Crippen LogP contribution in [0.2, 0.25) is 0 Å². The van der Waals surface area contributed by atoms with E-state index in [4.69, 9.17) is 0 Å². The molecule has 2 heterocycles. The first-order valence-electron chi connectivity index (χ1n) is 12.6. The minimum Gasteiger partial charge on any atom is -0.481 e. The van der Waals surface area contributed by atoms with Crippen LogP contribution in [0.15, 0.2) is 36.5 Å². The Morgan fingerprint density at radius 1 is 1.24 bits per heavy atom.